The number of carboxylic acids is 1. The maximum absolute atomic E-state index is 11.5. The van der Waals surface area contributed by atoms with Gasteiger partial charge in [-0.1, -0.05) is 63.3 Å². The standard InChI is InChI=1S/C19H26O3/c1-14-8-7-10-17(2,3)19(14,22)13-12-18(4)11-6-5-9-15(18)16(20)21/h5-6,9,11,14-15,22H,7-8,10H2,1-4H3,(H,20,21). The van der Waals surface area contributed by atoms with Crippen molar-refractivity contribution in [3.63, 3.8) is 0 Å². The smallest absolute Gasteiger partial charge is 0.312 e. The summed E-state index contributed by atoms with van der Waals surface area (Å²) in [4.78, 5) is 11.5. The number of allylic oxidation sites excluding steroid dienone is 3. The molecule has 1 saturated carbocycles. The SMILES string of the molecule is CC1CCCC(C)(C)C1(O)C#CC1(C)C=CC=CC1C(=O)O. The maximum Gasteiger partial charge on any atom is 0.312 e. The van der Waals surface area contributed by atoms with Crippen LogP contribution in [0.5, 0.6) is 0 Å². The van der Waals surface area contributed by atoms with Crippen LogP contribution < -0.4 is 0 Å². The molecule has 2 aliphatic rings. The third-order valence-corrected chi connectivity index (χ3v) is 5.48. The Morgan fingerprint density at radius 3 is 2.50 bits per heavy atom. The molecule has 0 saturated heterocycles. The van der Waals surface area contributed by atoms with Gasteiger partial charge in [0.2, 0.25) is 0 Å². The van der Waals surface area contributed by atoms with Crippen LogP contribution >= 0.6 is 0 Å². The van der Waals surface area contributed by atoms with Crippen LogP contribution in [0.2, 0.25) is 0 Å². The maximum atomic E-state index is 11.5. The largest absolute Gasteiger partial charge is 0.481 e. The van der Waals surface area contributed by atoms with Crippen molar-refractivity contribution in [3.05, 3.63) is 24.3 Å². The quantitative estimate of drug-likeness (QED) is 0.730. The topological polar surface area (TPSA) is 57.5 Å². The number of carbonyl (C=O) groups is 1. The van der Waals surface area contributed by atoms with Crippen molar-refractivity contribution in [1.29, 1.82) is 0 Å². The predicted octanol–water partition coefficient (Wildman–Crippen LogP) is 3.40. The zero-order chi connectivity index (χ0) is 16.6. The van der Waals surface area contributed by atoms with Crippen molar-refractivity contribution < 1.29 is 15.0 Å². The predicted molar refractivity (Wildman–Crippen MR) is 87.0 cm³/mol. The van der Waals surface area contributed by atoms with E-state index in [0.29, 0.717) is 0 Å². The average molecular weight is 302 g/mol. The third kappa shape index (κ3) is 2.73. The van der Waals surface area contributed by atoms with E-state index in [4.69, 9.17) is 0 Å². The summed E-state index contributed by atoms with van der Waals surface area (Å²) in [6.07, 6.45) is 10.0. The minimum Gasteiger partial charge on any atom is -0.481 e. The van der Waals surface area contributed by atoms with E-state index in [1.54, 1.807) is 12.2 Å². The van der Waals surface area contributed by atoms with Crippen molar-refractivity contribution >= 4 is 5.97 Å². The lowest BCUT2D eigenvalue weighted by Crippen LogP contribution is -2.51. The number of aliphatic hydroxyl groups is 1. The zero-order valence-corrected chi connectivity index (χ0v) is 13.9. The van der Waals surface area contributed by atoms with Crippen molar-refractivity contribution in [2.75, 3.05) is 0 Å². The van der Waals surface area contributed by atoms with E-state index >= 15 is 0 Å². The lowest BCUT2D eigenvalue weighted by atomic mass is 9.60. The Bertz CT molecular complexity index is 575. The van der Waals surface area contributed by atoms with Gasteiger partial charge in [-0.05, 0) is 25.7 Å². The van der Waals surface area contributed by atoms with Gasteiger partial charge >= 0.3 is 5.97 Å². The fraction of sp³-hybridized carbons (Fsp3) is 0.632. The fourth-order valence-electron chi connectivity index (χ4n) is 3.63. The Morgan fingerprint density at radius 2 is 1.91 bits per heavy atom. The van der Waals surface area contributed by atoms with E-state index in [2.05, 4.69) is 11.8 Å². The summed E-state index contributed by atoms with van der Waals surface area (Å²) in [6.45, 7) is 7.95. The molecule has 2 N–H and O–H groups in total. The van der Waals surface area contributed by atoms with Gasteiger partial charge in [0.05, 0.1) is 11.3 Å². The minimum atomic E-state index is -1.08. The Morgan fingerprint density at radius 1 is 1.23 bits per heavy atom. The molecule has 0 spiro atoms. The highest BCUT2D eigenvalue weighted by Crippen LogP contribution is 2.47. The minimum absolute atomic E-state index is 0.0822. The van der Waals surface area contributed by atoms with Gasteiger partial charge in [0.25, 0.3) is 0 Å². The highest BCUT2D eigenvalue weighted by Gasteiger charge is 2.49. The Kier molecular flexibility index (Phi) is 4.28. The Hall–Kier alpha value is -1.53. The zero-order valence-electron chi connectivity index (χ0n) is 13.9. The first-order valence-electron chi connectivity index (χ1n) is 7.98. The van der Waals surface area contributed by atoms with E-state index in [-0.39, 0.29) is 11.3 Å². The van der Waals surface area contributed by atoms with Gasteiger partial charge in [-0.2, -0.15) is 0 Å². The van der Waals surface area contributed by atoms with Crippen LogP contribution in [0.3, 0.4) is 0 Å². The van der Waals surface area contributed by atoms with Gasteiger partial charge in [-0.15, -0.1) is 0 Å². The molecule has 3 heteroatoms. The van der Waals surface area contributed by atoms with Crippen molar-refractivity contribution in [3.8, 4) is 11.8 Å². The van der Waals surface area contributed by atoms with Gasteiger partial charge in [0.15, 0.2) is 0 Å². The average Bonchev–Trinajstić information content (AvgIpc) is 2.43. The van der Waals surface area contributed by atoms with E-state index in [9.17, 15) is 15.0 Å². The summed E-state index contributed by atoms with van der Waals surface area (Å²) in [5, 5.41) is 20.6. The van der Waals surface area contributed by atoms with Crippen LogP contribution in [-0.4, -0.2) is 21.8 Å². The molecule has 120 valence electrons. The summed E-state index contributed by atoms with van der Waals surface area (Å²) in [5.74, 6) is 4.71. The Labute approximate surface area is 133 Å². The summed E-state index contributed by atoms with van der Waals surface area (Å²) >= 11 is 0. The third-order valence-electron chi connectivity index (χ3n) is 5.48. The molecule has 0 aliphatic heterocycles. The van der Waals surface area contributed by atoms with Gasteiger partial charge in [0.1, 0.15) is 5.60 Å². The molecule has 22 heavy (non-hydrogen) atoms. The molecule has 4 unspecified atom stereocenters. The van der Waals surface area contributed by atoms with E-state index in [0.717, 1.165) is 19.3 Å². The number of carboxylic acid groups (broad SMARTS) is 1. The second kappa shape index (κ2) is 5.59. The molecule has 2 rings (SSSR count). The molecule has 4 atom stereocenters. The van der Waals surface area contributed by atoms with Gasteiger partial charge in [-0.3, -0.25) is 4.79 Å². The molecule has 1 fully saturated rings. The molecular weight excluding hydrogens is 276 g/mol. The monoisotopic (exact) mass is 302 g/mol. The fourth-order valence-corrected chi connectivity index (χ4v) is 3.63. The first-order valence-corrected chi connectivity index (χ1v) is 7.98. The Balaban J connectivity index is 2.40. The van der Waals surface area contributed by atoms with Crippen LogP contribution in [0.25, 0.3) is 0 Å². The van der Waals surface area contributed by atoms with Crippen LogP contribution in [-0.2, 0) is 4.79 Å². The summed E-state index contributed by atoms with van der Waals surface area (Å²) in [6, 6.07) is 0. The summed E-state index contributed by atoms with van der Waals surface area (Å²) in [5.41, 5.74) is -2.16. The number of hydrogen-bond donors (Lipinski definition) is 2. The molecule has 2 aliphatic carbocycles. The first kappa shape index (κ1) is 16.8. The highest BCUT2D eigenvalue weighted by molar-refractivity contribution is 5.75. The molecule has 0 heterocycles. The first-order chi connectivity index (χ1) is 10.1. The molecule has 0 bridgehead atoms. The molecular formula is C19H26O3. The number of aliphatic carboxylic acids is 1. The van der Waals surface area contributed by atoms with E-state index < -0.39 is 22.9 Å². The second-order valence-corrected chi connectivity index (χ2v) is 7.54. The van der Waals surface area contributed by atoms with Gasteiger partial charge < -0.3 is 10.2 Å². The van der Waals surface area contributed by atoms with Crippen LogP contribution in [0.15, 0.2) is 24.3 Å². The van der Waals surface area contributed by atoms with E-state index in [1.807, 2.05) is 39.8 Å². The van der Waals surface area contributed by atoms with Crippen LogP contribution in [0.4, 0.5) is 0 Å². The van der Waals surface area contributed by atoms with Crippen LogP contribution in [0.1, 0.15) is 47.0 Å². The molecule has 3 nitrogen and oxygen atoms in total. The molecule has 0 aromatic heterocycles. The molecule has 0 aromatic rings. The highest BCUT2D eigenvalue weighted by atomic mass is 16.4. The lowest BCUT2D eigenvalue weighted by molar-refractivity contribution is -0.142. The van der Waals surface area contributed by atoms with Crippen molar-refractivity contribution in [2.45, 2.75) is 52.6 Å². The summed E-state index contributed by atoms with van der Waals surface area (Å²) in [7, 11) is 0. The second-order valence-electron chi connectivity index (χ2n) is 7.54. The van der Waals surface area contributed by atoms with Gasteiger partial charge in [0, 0.05) is 5.41 Å². The normalized spacial score (nSPS) is 39.9. The molecule has 0 radical (unpaired) electrons. The summed E-state index contributed by atoms with van der Waals surface area (Å²) < 4.78 is 0. The lowest BCUT2D eigenvalue weighted by Gasteiger charge is -2.47. The van der Waals surface area contributed by atoms with Crippen molar-refractivity contribution in [2.24, 2.45) is 22.7 Å². The van der Waals surface area contributed by atoms with E-state index in [1.165, 1.54) is 0 Å². The van der Waals surface area contributed by atoms with Gasteiger partial charge in [-0.25, -0.2) is 0 Å². The number of rotatable bonds is 1. The number of hydrogen-bond acceptors (Lipinski definition) is 2. The van der Waals surface area contributed by atoms with Crippen molar-refractivity contribution in [1.82, 2.24) is 0 Å². The molecule has 0 aromatic carbocycles. The van der Waals surface area contributed by atoms with Crippen LogP contribution in [0, 0.1) is 34.5 Å². The molecule has 0 amide bonds.